The van der Waals surface area contributed by atoms with Crippen molar-refractivity contribution in [3.63, 3.8) is 0 Å². The van der Waals surface area contributed by atoms with Crippen LogP contribution in [0.2, 0.25) is 5.02 Å². The lowest BCUT2D eigenvalue weighted by molar-refractivity contribution is 0.100. The second-order valence-corrected chi connectivity index (χ2v) is 6.94. The minimum atomic E-state index is -0.187. The van der Waals surface area contributed by atoms with E-state index in [4.69, 9.17) is 11.6 Å². The first kappa shape index (κ1) is 14.5. The van der Waals surface area contributed by atoms with Crippen LogP contribution in [0.25, 0.3) is 10.2 Å². The van der Waals surface area contributed by atoms with Crippen LogP contribution in [-0.4, -0.2) is 10.5 Å². The van der Waals surface area contributed by atoms with E-state index >= 15 is 0 Å². The Morgan fingerprint density at radius 2 is 2.24 bits per heavy atom. The quantitative estimate of drug-likeness (QED) is 0.690. The largest absolute Gasteiger partial charge is 0.316 e. The summed E-state index contributed by atoms with van der Waals surface area (Å²) in [7, 11) is 0. The molecule has 0 aliphatic carbocycles. The third kappa shape index (κ3) is 2.95. The van der Waals surface area contributed by atoms with Crippen molar-refractivity contribution >= 4 is 50.4 Å². The number of nitrogens with zero attached hydrogens (tertiary/aromatic N) is 2. The van der Waals surface area contributed by atoms with E-state index in [1.807, 2.05) is 29.6 Å². The van der Waals surface area contributed by atoms with Crippen molar-refractivity contribution in [1.29, 1.82) is 0 Å². The summed E-state index contributed by atoms with van der Waals surface area (Å²) in [6, 6.07) is 9.43. The zero-order chi connectivity index (χ0) is 14.8. The van der Waals surface area contributed by atoms with Crippen LogP contribution in [0.1, 0.15) is 23.0 Å². The van der Waals surface area contributed by atoms with Gasteiger partial charge in [0.25, 0.3) is 5.91 Å². The van der Waals surface area contributed by atoms with E-state index in [2.05, 4.69) is 16.5 Å². The fraction of sp³-hybridized carbons (Fsp3) is 0.200. The minimum Gasteiger partial charge on any atom is -0.316 e. The second-order valence-electron chi connectivity index (χ2n) is 4.54. The zero-order valence-electron chi connectivity index (χ0n) is 11.4. The van der Waals surface area contributed by atoms with Gasteiger partial charge in [-0.25, -0.2) is 0 Å². The highest BCUT2D eigenvalue weighted by molar-refractivity contribution is 7.16. The van der Waals surface area contributed by atoms with E-state index in [1.165, 1.54) is 22.7 Å². The molecule has 0 unspecified atom stereocenters. The van der Waals surface area contributed by atoms with Gasteiger partial charge in [-0.3, -0.25) is 4.79 Å². The van der Waals surface area contributed by atoms with Crippen molar-refractivity contribution in [2.45, 2.75) is 19.9 Å². The smallest absolute Gasteiger partial charge is 0.289 e. The van der Waals surface area contributed by atoms with Crippen LogP contribution in [0.15, 0.2) is 40.7 Å². The van der Waals surface area contributed by atoms with Crippen LogP contribution in [-0.2, 0) is 6.54 Å². The number of benzene rings is 1. The summed E-state index contributed by atoms with van der Waals surface area (Å²) in [6.07, 6.45) is 0.981. The van der Waals surface area contributed by atoms with Gasteiger partial charge in [-0.1, -0.05) is 35.9 Å². The highest BCUT2D eigenvalue weighted by Gasteiger charge is 2.09. The average Bonchev–Trinajstić information content (AvgIpc) is 3.08. The standard InChI is InChI=1S/C15H13ClN2OS2/c1-2-7-18-11-6-5-10(16)9-13(11)21-15(18)17-14(19)12-4-3-8-20-12/h3-6,8-9H,2,7H2,1H3. The van der Waals surface area contributed by atoms with Gasteiger partial charge >= 0.3 is 0 Å². The lowest BCUT2D eigenvalue weighted by Crippen LogP contribution is -2.16. The Labute approximate surface area is 135 Å². The first-order chi connectivity index (χ1) is 10.2. The first-order valence-corrected chi connectivity index (χ1v) is 8.68. The van der Waals surface area contributed by atoms with Crippen molar-refractivity contribution in [3.05, 3.63) is 50.4 Å². The molecule has 0 aliphatic rings. The number of rotatable bonds is 3. The average molecular weight is 337 g/mol. The molecule has 0 saturated heterocycles. The fourth-order valence-corrected chi connectivity index (χ4v) is 4.05. The number of carbonyl (C=O) groups excluding carboxylic acids is 1. The van der Waals surface area contributed by atoms with Crippen LogP contribution < -0.4 is 4.80 Å². The highest BCUT2D eigenvalue weighted by atomic mass is 35.5. The van der Waals surface area contributed by atoms with Gasteiger partial charge in [-0.2, -0.15) is 4.99 Å². The molecule has 3 rings (SSSR count). The molecular formula is C15H13ClN2OS2. The molecule has 0 saturated carbocycles. The molecule has 0 radical (unpaired) electrons. The van der Waals surface area contributed by atoms with E-state index in [0.717, 1.165) is 28.0 Å². The Hall–Kier alpha value is -1.43. The van der Waals surface area contributed by atoms with E-state index in [9.17, 15) is 4.79 Å². The molecule has 21 heavy (non-hydrogen) atoms. The van der Waals surface area contributed by atoms with E-state index < -0.39 is 0 Å². The Kier molecular flexibility index (Phi) is 4.24. The van der Waals surface area contributed by atoms with Gasteiger partial charge < -0.3 is 4.57 Å². The molecular weight excluding hydrogens is 324 g/mol. The first-order valence-electron chi connectivity index (χ1n) is 6.60. The Morgan fingerprint density at radius 1 is 1.38 bits per heavy atom. The molecule has 1 aromatic carbocycles. The number of aromatic nitrogens is 1. The number of hydrogen-bond acceptors (Lipinski definition) is 3. The highest BCUT2D eigenvalue weighted by Crippen LogP contribution is 2.22. The Morgan fingerprint density at radius 3 is 2.95 bits per heavy atom. The molecule has 3 nitrogen and oxygen atoms in total. The molecule has 6 heteroatoms. The summed E-state index contributed by atoms with van der Waals surface area (Å²) in [5, 5.41) is 2.58. The van der Waals surface area contributed by atoms with Crippen molar-refractivity contribution in [2.24, 2.45) is 4.99 Å². The van der Waals surface area contributed by atoms with Gasteiger partial charge in [0, 0.05) is 11.6 Å². The summed E-state index contributed by atoms with van der Waals surface area (Å²) in [5.41, 5.74) is 1.07. The minimum absolute atomic E-state index is 0.187. The fourth-order valence-electron chi connectivity index (χ4n) is 2.11. The molecule has 0 atom stereocenters. The maximum atomic E-state index is 12.2. The Bertz CT molecular complexity index is 846. The zero-order valence-corrected chi connectivity index (χ0v) is 13.8. The van der Waals surface area contributed by atoms with Crippen LogP contribution in [0.3, 0.4) is 0 Å². The molecule has 0 aliphatic heterocycles. The number of halogens is 1. The van der Waals surface area contributed by atoms with Gasteiger partial charge in [0.2, 0.25) is 0 Å². The summed E-state index contributed by atoms with van der Waals surface area (Å²) < 4.78 is 3.13. The third-order valence-corrected chi connectivity index (χ3v) is 5.16. The number of fused-ring (bicyclic) bond motifs is 1. The summed E-state index contributed by atoms with van der Waals surface area (Å²) in [5.74, 6) is -0.187. The molecule has 0 N–H and O–H groups in total. The molecule has 0 bridgehead atoms. The van der Waals surface area contributed by atoms with Gasteiger partial charge in [0.05, 0.1) is 15.1 Å². The maximum Gasteiger partial charge on any atom is 0.289 e. The number of aryl methyl sites for hydroxylation is 1. The lowest BCUT2D eigenvalue weighted by atomic mass is 10.3. The van der Waals surface area contributed by atoms with Crippen LogP contribution in [0.5, 0.6) is 0 Å². The molecule has 2 aromatic heterocycles. The lowest BCUT2D eigenvalue weighted by Gasteiger charge is -2.02. The number of thiazole rings is 1. The molecule has 0 spiro atoms. The molecule has 108 valence electrons. The van der Waals surface area contributed by atoms with Gasteiger partial charge in [0.15, 0.2) is 4.80 Å². The van der Waals surface area contributed by atoms with Gasteiger partial charge in [-0.05, 0) is 36.1 Å². The number of hydrogen-bond donors (Lipinski definition) is 0. The monoisotopic (exact) mass is 336 g/mol. The molecule has 3 aromatic rings. The SMILES string of the molecule is CCCn1c(=NC(=O)c2cccs2)sc2cc(Cl)ccc21. The van der Waals surface area contributed by atoms with E-state index in [1.54, 1.807) is 6.07 Å². The van der Waals surface area contributed by atoms with Crippen molar-refractivity contribution < 1.29 is 4.79 Å². The summed E-state index contributed by atoms with van der Waals surface area (Å²) >= 11 is 8.95. The number of carbonyl (C=O) groups is 1. The normalized spacial score (nSPS) is 12.2. The summed E-state index contributed by atoms with van der Waals surface area (Å²) in [6.45, 7) is 2.94. The molecule has 0 fully saturated rings. The van der Waals surface area contributed by atoms with Crippen LogP contribution in [0.4, 0.5) is 0 Å². The number of thiophene rings is 1. The Balaban J connectivity index is 2.16. The second kappa shape index (κ2) is 6.13. The third-order valence-electron chi connectivity index (χ3n) is 3.02. The van der Waals surface area contributed by atoms with Crippen molar-refractivity contribution in [2.75, 3.05) is 0 Å². The maximum absolute atomic E-state index is 12.2. The predicted octanol–water partition coefficient (Wildman–Crippen LogP) is 4.57. The predicted molar refractivity (Wildman–Crippen MR) is 89.3 cm³/mol. The summed E-state index contributed by atoms with van der Waals surface area (Å²) in [4.78, 5) is 17.9. The molecule has 2 heterocycles. The van der Waals surface area contributed by atoms with E-state index in [-0.39, 0.29) is 5.91 Å². The van der Waals surface area contributed by atoms with E-state index in [0.29, 0.717) is 9.90 Å². The van der Waals surface area contributed by atoms with Gasteiger partial charge in [-0.15, -0.1) is 11.3 Å². The van der Waals surface area contributed by atoms with Gasteiger partial charge in [0.1, 0.15) is 0 Å². The van der Waals surface area contributed by atoms with Crippen molar-refractivity contribution in [3.8, 4) is 0 Å². The van der Waals surface area contributed by atoms with Crippen LogP contribution >= 0.6 is 34.3 Å². The topological polar surface area (TPSA) is 34.4 Å². The van der Waals surface area contributed by atoms with Crippen LogP contribution in [0, 0.1) is 0 Å². The van der Waals surface area contributed by atoms with Crippen molar-refractivity contribution in [1.82, 2.24) is 4.57 Å². The molecule has 1 amide bonds. The number of amides is 1.